The Hall–Kier alpha value is -3.38. The third-order valence-electron chi connectivity index (χ3n) is 5.56. The van der Waals surface area contributed by atoms with Gasteiger partial charge >= 0.3 is 0 Å². The molecule has 0 radical (unpaired) electrons. The van der Waals surface area contributed by atoms with Crippen molar-refractivity contribution in [1.29, 1.82) is 5.26 Å². The highest BCUT2D eigenvalue weighted by molar-refractivity contribution is 7.89. The summed E-state index contributed by atoms with van der Waals surface area (Å²) in [6, 6.07) is 12.5. The first-order chi connectivity index (χ1) is 18.8. The second-order valence-electron chi connectivity index (χ2n) is 8.12. The molecule has 4 rings (SSSR count). The number of rotatable bonds is 12. The van der Waals surface area contributed by atoms with Gasteiger partial charge < -0.3 is 20.1 Å². The minimum Gasteiger partial charge on any atom is -0.383 e. The smallest absolute Gasteiger partial charge is 0.243 e. The first-order valence-corrected chi connectivity index (χ1v) is 14.2. The van der Waals surface area contributed by atoms with Crippen LogP contribution >= 0.6 is 22.9 Å². The lowest BCUT2D eigenvalue weighted by Crippen LogP contribution is -2.36. The van der Waals surface area contributed by atoms with E-state index in [0.717, 1.165) is 0 Å². The second-order valence-corrected chi connectivity index (χ2v) is 11.5. The average Bonchev–Trinajstić information content (AvgIpc) is 3.34. The Morgan fingerprint density at radius 1 is 1.08 bits per heavy atom. The van der Waals surface area contributed by atoms with E-state index in [4.69, 9.17) is 21.1 Å². The van der Waals surface area contributed by atoms with Gasteiger partial charge in [-0.05, 0) is 42.5 Å². The van der Waals surface area contributed by atoms with Crippen LogP contribution in [0.1, 0.15) is 5.56 Å². The zero-order valence-corrected chi connectivity index (χ0v) is 23.3. The van der Waals surface area contributed by atoms with E-state index in [2.05, 4.69) is 26.7 Å². The fourth-order valence-electron chi connectivity index (χ4n) is 3.58. The van der Waals surface area contributed by atoms with Crippen LogP contribution in [0.15, 0.2) is 53.6 Å². The maximum Gasteiger partial charge on any atom is 0.243 e. The van der Waals surface area contributed by atoms with Crippen molar-refractivity contribution in [2.24, 2.45) is 0 Å². The monoisotopic (exact) mass is 590 g/mol. The molecule has 0 unspecified atom stereocenters. The van der Waals surface area contributed by atoms with Gasteiger partial charge in [-0.1, -0.05) is 22.9 Å². The molecule has 2 heterocycles. The zero-order chi connectivity index (χ0) is 28.0. The lowest BCUT2D eigenvalue weighted by atomic mass is 10.2. The number of thiazole rings is 1. The number of sulfonamides is 1. The summed E-state index contributed by atoms with van der Waals surface area (Å²) < 4.78 is 51.9. The van der Waals surface area contributed by atoms with Gasteiger partial charge in [0.2, 0.25) is 10.0 Å². The molecule has 204 valence electrons. The third-order valence-corrected chi connectivity index (χ3v) is 8.74. The van der Waals surface area contributed by atoms with Gasteiger partial charge in [0.15, 0.2) is 10.8 Å². The summed E-state index contributed by atoms with van der Waals surface area (Å²) in [4.78, 5) is 8.89. The maximum atomic E-state index is 13.6. The van der Waals surface area contributed by atoms with E-state index in [1.165, 1.54) is 66.4 Å². The van der Waals surface area contributed by atoms with Crippen LogP contribution in [0.2, 0.25) is 5.02 Å². The van der Waals surface area contributed by atoms with Crippen molar-refractivity contribution < 1.29 is 22.3 Å². The molecule has 0 aliphatic heterocycles. The minimum atomic E-state index is -3.75. The summed E-state index contributed by atoms with van der Waals surface area (Å²) in [6.45, 7) is 0.914. The molecule has 4 aromatic rings. The Labute approximate surface area is 234 Å². The normalized spacial score (nSPS) is 11.6. The van der Waals surface area contributed by atoms with Crippen molar-refractivity contribution in [3.63, 3.8) is 0 Å². The second kappa shape index (κ2) is 12.6. The quantitative estimate of drug-likeness (QED) is 0.231. The van der Waals surface area contributed by atoms with Gasteiger partial charge in [0.25, 0.3) is 0 Å². The van der Waals surface area contributed by atoms with Gasteiger partial charge in [0.05, 0.1) is 34.4 Å². The standard InChI is InChI=1S/C25H24ClFN6O4S2/c1-36-11-9-33(10-12-37-2)39(34,35)19-6-3-17(4-7-19)31-25-32-24-23(38-25)22(16(14-28)15-29-24)30-18-5-8-21(27)20(26)13-18/h3-8,13,15H,9-12H2,1-2H3,(H2,29,30,31,32). The average molecular weight is 591 g/mol. The number of hydrogen-bond donors (Lipinski definition) is 2. The molecular weight excluding hydrogens is 567 g/mol. The molecule has 0 aliphatic carbocycles. The van der Waals surface area contributed by atoms with Crippen LogP contribution in [0, 0.1) is 17.1 Å². The summed E-state index contributed by atoms with van der Waals surface area (Å²) in [5.74, 6) is -0.552. The molecular formula is C25H24ClFN6O4S2. The van der Waals surface area contributed by atoms with Crippen LogP contribution in [0.3, 0.4) is 0 Å². The largest absolute Gasteiger partial charge is 0.383 e. The van der Waals surface area contributed by atoms with Gasteiger partial charge in [0.1, 0.15) is 16.6 Å². The zero-order valence-electron chi connectivity index (χ0n) is 20.9. The summed E-state index contributed by atoms with van der Waals surface area (Å²) in [7, 11) is -0.731. The van der Waals surface area contributed by atoms with Gasteiger partial charge in [-0.2, -0.15) is 14.6 Å². The number of nitriles is 1. The molecule has 0 aliphatic rings. The molecule has 10 nitrogen and oxygen atoms in total. The number of aromatic nitrogens is 2. The molecule has 0 amide bonds. The number of nitrogens with zero attached hydrogens (tertiary/aromatic N) is 4. The van der Waals surface area contributed by atoms with Crippen molar-refractivity contribution in [3.05, 3.63) is 65.1 Å². The topological polar surface area (TPSA) is 129 Å². The number of ether oxygens (including phenoxy) is 2. The number of fused-ring (bicyclic) bond motifs is 1. The van der Waals surface area contributed by atoms with E-state index in [1.54, 1.807) is 12.1 Å². The number of pyridine rings is 1. The van der Waals surface area contributed by atoms with Crippen LogP contribution in [0.4, 0.5) is 26.6 Å². The highest BCUT2D eigenvalue weighted by Crippen LogP contribution is 2.36. The van der Waals surface area contributed by atoms with Crippen LogP contribution in [0.25, 0.3) is 10.3 Å². The predicted molar refractivity (Wildman–Crippen MR) is 149 cm³/mol. The number of methoxy groups -OCH3 is 2. The van der Waals surface area contributed by atoms with Crippen molar-refractivity contribution >= 4 is 65.5 Å². The molecule has 2 aromatic heterocycles. The first kappa shape index (κ1) is 28.6. The molecule has 0 saturated carbocycles. The molecule has 0 atom stereocenters. The lowest BCUT2D eigenvalue weighted by Gasteiger charge is -2.21. The highest BCUT2D eigenvalue weighted by Gasteiger charge is 2.24. The third kappa shape index (κ3) is 6.62. The Morgan fingerprint density at radius 3 is 2.36 bits per heavy atom. The van der Waals surface area contributed by atoms with E-state index in [-0.39, 0.29) is 41.8 Å². The maximum absolute atomic E-state index is 13.6. The number of benzene rings is 2. The van der Waals surface area contributed by atoms with Crippen LogP contribution in [0.5, 0.6) is 0 Å². The molecule has 0 saturated heterocycles. The Morgan fingerprint density at radius 2 is 1.74 bits per heavy atom. The van der Waals surface area contributed by atoms with E-state index < -0.39 is 15.8 Å². The van der Waals surface area contributed by atoms with E-state index in [9.17, 15) is 18.1 Å². The Bertz CT molecular complexity index is 1600. The van der Waals surface area contributed by atoms with Gasteiger partial charge in [-0.15, -0.1) is 0 Å². The summed E-state index contributed by atoms with van der Waals surface area (Å²) >= 11 is 7.15. The number of anilines is 4. The van der Waals surface area contributed by atoms with Crippen LogP contribution in [-0.4, -0.2) is 63.2 Å². The fourth-order valence-corrected chi connectivity index (χ4v) is 6.11. The molecule has 2 N–H and O–H groups in total. The number of nitrogens with one attached hydrogen (secondary N) is 2. The van der Waals surface area contributed by atoms with E-state index in [1.807, 2.05) is 0 Å². The van der Waals surface area contributed by atoms with Crippen LogP contribution < -0.4 is 10.6 Å². The van der Waals surface area contributed by atoms with Crippen molar-refractivity contribution in [2.75, 3.05) is 51.2 Å². The minimum absolute atomic E-state index is 0.0542. The molecule has 0 spiro atoms. The summed E-state index contributed by atoms with van der Waals surface area (Å²) in [5.41, 5.74) is 2.23. The number of halogens is 2. The van der Waals surface area contributed by atoms with Crippen molar-refractivity contribution in [2.45, 2.75) is 4.90 Å². The molecule has 14 heteroatoms. The van der Waals surface area contributed by atoms with Gasteiger partial charge in [0, 0.05) is 44.9 Å². The van der Waals surface area contributed by atoms with E-state index in [0.29, 0.717) is 32.5 Å². The predicted octanol–water partition coefficient (Wildman–Crippen LogP) is 5.13. The molecule has 39 heavy (non-hydrogen) atoms. The Kier molecular flexibility index (Phi) is 9.28. The summed E-state index contributed by atoms with van der Waals surface area (Å²) in [6.07, 6.45) is 1.40. The van der Waals surface area contributed by atoms with Crippen LogP contribution in [-0.2, 0) is 19.5 Å². The van der Waals surface area contributed by atoms with Crippen molar-refractivity contribution in [1.82, 2.24) is 14.3 Å². The fraction of sp³-hybridized carbons (Fsp3) is 0.240. The Balaban J connectivity index is 1.58. The molecule has 0 fully saturated rings. The molecule has 2 aromatic carbocycles. The number of hydrogen-bond acceptors (Lipinski definition) is 10. The van der Waals surface area contributed by atoms with Gasteiger partial charge in [-0.3, -0.25) is 0 Å². The lowest BCUT2D eigenvalue weighted by molar-refractivity contribution is 0.150. The van der Waals surface area contributed by atoms with Gasteiger partial charge in [-0.25, -0.2) is 17.8 Å². The SMILES string of the molecule is COCCN(CCOC)S(=O)(=O)c1ccc(Nc2nc3ncc(C#N)c(Nc4ccc(F)c(Cl)c4)c3s2)cc1. The van der Waals surface area contributed by atoms with E-state index >= 15 is 0 Å². The molecule has 0 bridgehead atoms. The van der Waals surface area contributed by atoms with Crippen molar-refractivity contribution in [3.8, 4) is 6.07 Å². The first-order valence-electron chi connectivity index (χ1n) is 11.5. The summed E-state index contributed by atoms with van der Waals surface area (Å²) in [5, 5.41) is 16.3. The highest BCUT2D eigenvalue weighted by atomic mass is 35.5.